The van der Waals surface area contributed by atoms with Crippen LogP contribution in [0, 0.1) is 17.8 Å². The predicted octanol–water partition coefficient (Wildman–Crippen LogP) is 5.21. The first-order valence-corrected chi connectivity index (χ1v) is 8.65. The second-order valence-electron chi connectivity index (χ2n) is 7.19. The standard InChI is InChI=1S/C20H30O2/c1-14(2)7-5-9-16(4)17-12-11-15(3)8-6-10-18-19(17)13-22-20(18)21/h7-8,10,16-17,19H,5-6,9,11-13H2,1-4H3/b15-8-,18-10-/t16-,17+,19+/m1/s1. The molecule has 0 radical (unpaired) electrons. The molecule has 0 aromatic heterocycles. The molecule has 1 fully saturated rings. The second kappa shape index (κ2) is 7.80. The lowest BCUT2D eigenvalue weighted by Gasteiger charge is -2.28. The Balaban J connectivity index is 2.13. The summed E-state index contributed by atoms with van der Waals surface area (Å²) in [6.07, 6.45) is 12.2. The van der Waals surface area contributed by atoms with Crippen LogP contribution in [0.1, 0.15) is 59.8 Å². The molecule has 2 nitrogen and oxygen atoms in total. The third-order valence-electron chi connectivity index (χ3n) is 5.13. The van der Waals surface area contributed by atoms with Gasteiger partial charge in [0.15, 0.2) is 0 Å². The average Bonchev–Trinajstić information content (AvgIpc) is 2.83. The Morgan fingerprint density at radius 1 is 1.41 bits per heavy atom. The minimum atomic E-state index is -0.0838. The highest BCUT2D eigenvalue weighted by molar-refractivity contribution is 5.91. The summed E-state index contributed by atoms with van der Waals surface area (Å²) in [5, 5.41) is 0. The van der Waals surface area contributed by atoms with E-state index in [1.54, 1.807) is 0 Å². The van der Waals surface area contributed by atoms with Gasteiger partial charge in [-0.3, -0.25) is 0 Å². The Hall–Kier alpha value is -1.31. The largest absolute Gasteiger partial charge is 0.462 e. The third-order valence-corrected chi connectivity index (χ3v) is 5.13. The van der Waals surface area contributed by atoms with Crippen LogP contribution in [0.2, 0.25) is 0 Å². The van der Waals surface area contributed by atoms with Crippen molar-refractivity contribution in [3.05, 3.63) is 34.9 Å². The summed E-state index contributed by atoms with van der Waals surface area (Å²) < 4.78 is 5.36. The summed E-state index contributed by atoms with van der Waals surface area (Å²) in [7, 11) is 0. The summed E-state index contributed by atoms with van der Waals surface area (Å²) in [5.74, 6) is 1.38. The van der Waals surface area contributed by atoms with Crippen molar-refractivity contribution < 1.29 is 9.53 Å². The molecule has 0 unspecified atom stereocenters. The zero-order chi connectivity index (χ0) is 16.1. The molecule has 0 saturated carbocycles. The highest BCUT2D eigenvalue weighted by Gasteiger charge is 2.38. The maximum absolute atomic E-state index is 12.0. The van der Waals surface area contributed by atoms with Gasteiger partial charge >= 0.3 is 5.97 Å². The number of rotatable bonds is 4. The van der Waals surface area contributed by atoms with Crippen LogP contribution in [-0.4, -0.2) is 12.6 Å². The van der Waals surface area contributed by atoms with Gasteiger partial charge in [-0.1, -0.05) is 36.3 Å². The molecule has 1 saturated heterocycles. The Labute approximate surface area is 135 Å². The molecular weight excluding hydrogens is 272 g/mol. The Morgan fingerprint density at radius 2 is 2.18 bits per heavy atom. The number of carbonyl (C=O) groups is 1. The number of allylic oxidation sites excluding steroid dienone is 5. The molecule has 2 aliphatic rings. The molecule has 0 N–H and O–H groups in total. The summed E-state index contributed by atoms with van der Waals surface area (Å²) in [5.41, 5.74) is 3.78. The van der Waals surface area contributed by atoms with Crippen LogP contribution in [0.5, 0.6) is 0 Å². The first-order chi connectivity index (χ1) is 10.5. The number of fused-ring (bicyclic) bond motifs is 1. The van der Waals surface area contributed by atoms with Gasteiger partial charge in [-0.05, 0) is 64.7 Å². The van der Waals surface area contributed by atoms with Crippen molar-refractivity contribution in [1.82, 2.24) is 0 Å². The lowest BCUT2D eigenvalue weighted by molar-refractivity contribution is -0.135. The van der Waals surface area contributed by atoms with E-state index in [0.717, 1.165) is 31.3 Å². The van der Waals surface area contributed by atoms with E-state index in [9.17, 15) is 4.79 Å². The molecule has 0 amide bonds. The van der Waals surface area contributed by atoms with Crippen molar-refractivity contribution in [3.8, 4) is 0 Å². The second-order valence-corrected chi connectivity index (χ2v) is 7.19. The first kappa shape index (κ1) is 17.1. The SMILES string of the molecule is CC(C)=CCC[C@@H](C)[C@@H]1CC/C(C)=C\C/C=C2\C(=O)OC[C@H]21. The fourth-order valence-electron chi connectivity index (χ4n) is 3.69. The smallest absolute Gasteiger partial charge is 0.334 e. The van der Waals surface area contributed by atoms with Gasteiger partial charge in [-0.15, -0.1) is 0 Å². The van der Waals surface area contributed by atoms with Gasteiger partial charge in [0.2, 0.25) is 0 Å². The van der Waals surface area contributed by atoms with E-state index < -0.39 is 0 Å². The van der Waals surface area contributed by atoms with Gasteiger partial charge in [0.05, 0.1) is 6.61 Å². The minimum absolute atomic E-state index is 0.0838. The molecule has 1 aliphatic heterocycles. The van der Waals surface area contributed by atoms with Crippen LogP contribution in [0.25, 0.3) is 0 Å². The number of esters is 1. The topological polar surface area (TPSA) is 26.3 Å². The number of ether oxygens (including phenoxy) is 1. The molecular formula is C20H30O2. The van der Waals surface area contributed by atoms with Gasteiger partial charge in [0.25, 0.3) is 0 Å². The quantitative estimate of drug-likeness (QED) is 0.526. The molecule has 22 heavy (non-hydrogen) atoms. The molecule has 0 bridgehead atoms. The zero-order valence-corrected chi connectivity index (χ0v) is 14.5. The Bertz CT molecular complexity index is 492. The molecule has 1 heterocycles. The van der Waals surface area contributed by atoms with E-state index >= 15 is 0 Å². The minimum Gasteiger partial charge on any atom is -0.462 e. The maximum atomic E-state index is 12.0. The van der Waals surface area contributed by atoms with Crippen LogP contribution in [0.15, 0.2) is 34.9 Å². The van der Waals surface area contributed by atoms with Gasteiger partial charge in [0.1, 0.15) is 0 Å². The van der Waals surface area contributed by atoms with Crippen molar-refractivity contribution in [2.45, 2.75) is 59.8 Å². The summed E-state index contributed by atoms with van der Waals surface area (Å²) in [6, 6.07) is 0. The zero-order valence-electron chi connectivity index (χ0n) is 14.5. The van der Waals surface area contributed by atoms with E-state index in [1.165, 1.54) is 17.6 Å². The molecule has 2 rings (SSSR count). The molecule has 1 aliphatic carbocycles. The lowest BCUT2D eigenvalue weighted by Crippen LogP contribution is -2.24. The summed E-state index contributed by atoms with van der Waals surface area (Å²) >= 11 is 0. The highest BCUT2D eigenvalue weighted by atomic mass is 16.5. The van der Waals surface area contributed by atoms with Gasteiger partial charge < -0.3 is 4.74 Å². The lowest BCUT2D eigenvalue weighted by atomic mass is 9.75. The molecule has 0 spiro atoms. The molecule has 0 aromatic rings. The number of cyclic esters (lactones) is 1. The molecule has 2 heteroatoms. The molecule has 122 valence electrons. The monoisotopic (exact) mass is 302 g/mol. The number of hydrogen-bond donors (Lipinski definition) is 0. The third kappa shape index (κ3) is 4.34. The Kier molecular flexibility index (Phi) is 6.05. The maximum Gasteiger partial charge on any atom is 0.334 e. The van der Waals surface area contributed by atoms with Crippen LogP contribution in [-0.2, 0) is 9.53 Å². The number of hydrogen-bond acceptors (Lipinski definition) is 2. The van der Waals surface area contributed by atoms with E-state index in [4.69, 9.17) is 4.74 Å². The first-order valence-electron chi connectivity index (χ1n) is 8.65. The van der Waals surface area contributed by atoms with E-state index in [2.05, 4.69) is 45.9 Å². The van der Waals surface area contributed by atoms with Crippen molar-refractivity contribution in [2.24, 2.45) is 17.8 Å². The van der Waals surface area contributed by atoms with Crippen LogP contribution in [0.4, 0.5) is 0 Å². The fraction of sp³-hybridized carbons (Fsp3) is 0.650. The van der Waals surface area contributed by atoms with E-state index in [-0.39, 0.29) is 5.97 Å². The summed E-state index contributed by atoms with van der Waals surface area (Å²) in [6.45, 7) is 9.46. The Morgan fingerprint density at radius 3 is 2.91 bits per heavy atom. The molecule has 3 atom stereocenters. The van der Waals surface area contributed by atoms with Crippen molar-refractivity contribution in [1.29, 1.82) is 0 Å². The van der Waals surface area contributed by atoms with Crippen LogP contribution < -0.4 is 0 Å². The van der Waals surface area contributed by atoms with Gasteiger partial charge in [-0.25, -0.2) is 4.79 Å². The van der Waals surface area contributed by atoms with Gasteiger partial charge in [0, 0.05) is 11.5 Å². The van der Waals surface area contributed by atoms with Crippen molar-refractivity contribution in [3.63, 3.8) is 0 Å². The van der Waals surface area contributed by atoms with Crippen LogP contribution >= 0.6 is 0 Å². The predicted molar refractivity (Wildman–Crippen MR) is 91.5 cm³/mol. The number of carbonyl (C=O) groups excluding carboxylic acids is 1. The van der Waals surface area contributed by atoms with Crippen molar-refractivity contribution >= 4 is 5.97 Å². The van der Waals surface area contributed by atoms with Crippen molar-refractivity contribution in [2.75, 3.05) is 6.61 Å². The van der Waals surface area contributed by atoms with Crippen LogP contribution in [0.3, 0.4) is 0 Å². The fourth-order valence-corrected chi connectivity index (χ4v) is 3.69. The van der Waals surface area contributed by atoms with Gasteiger partial charge in [-0.2, -0.15) is 0 Å². The normalized spacial score (nSPS) is 31.4. The van der Waals surface area contributed by atoms with E-state index in [0.29, 0.717) is 24.4 Å². The average molecular weight is 302 g/mol. The summed E-state index contributed by atoms with van der Waals surface area (Å²) in [4.78, 5) is 12.0. The molecule has 0 aromatic carbocycles. The van der Waals surface area contributed by atoms with E-state index in [1.807, 2.05) is 0 Å². The highest BCUT2D eigenvalue weighted by Crippen LogP contribution is 2.39.